The molecule has 0 amide bonds. The van der Waals surface area contributed by atoms with Crippen LogP contribution in [-0.4, -0.2) is 12.1 Å². The lowest BCUT2D eigenvalue weighted by atomic mass is 10.1. The van der Waals surface area contributed by atoms with Crippen LogP contribution in [0.4, 0.5) is 5.69 Å². The fourth-order valence-corrected chi connectivity index (χ4v) is 2.07. The molecule has 0 heterocycles. The minimum Gasteiger partial charge on any atom is -0.495 e. The zero-order valence-corrected chi connectivity index (χ0v) is 12.0. The van der Waals surface area contributed by atoms with E-state index in [-0.39, 0.29) is 0 Å². The Morgan fingerprint density at radius 2 is 2.24 bits per heavy atom. The van der Waals surface area contributed by atoms with E-state index in [0.29, 0.717) is 16.7 Å². The quantitative estimate of drug-likeness (QED) is 0.796. The second kappa shape index (κ2) is 6.82. The van der Waals surface area contributed by atoms with Gasteiger partial charge >= 0.3 is 0 Å². The van der Waals surface area contributed by atoms with Gasteiger partial charge in [0.1, 0.15) is 5.75 Å². The Morgan fingerprint density at radius 3 is 2.76 bits per heavy atom. The van der Waals surface area contributed by atoms with Gasteiger partial charge in [0, 0.05) is 11.6 Å². The Kier molecular flexibility index (Phi) is 5.72. The maximum Gasteiger partial charge on any atom is 0.137 e. The van der Waals surface area contributed by atoms with Crippen molar-refractivity contribution in [2.75, 3.05) is 12.4 Å². The van der Waals surface area contributed by atoms with Gasteiger partial charge in [0.2, 0.25) is 0 Å². The summed E-state index contributed by atoms with van der Waals surface area (Å²) in [6.07, 6.45) is 2.22. The zero-order chi connectivity index (χ0) is 12.8. The van der Waals surface area contributed by atoms with Gasteiger partial charge in [0.05, 0.1) is 17.1 Å². The Bertz CT molecular complexity index is 395. The third-order valence-corrected chi connectivity index (χ3v) is 3.39. The summed E-state index contributed by atoms with van der Waals surface area (Å²) in [5.74, 6) is 1.06. The monoisotopic (exact) mass is 271 g/mol. The van der Waals surface area contributed by atoms with Crippen LogP contribution >= 0.6 is 23.8 Å². The van der Waals surface area contributed by atoms with Crippen LogP contribution in [0.15, 0.2) is 18.2 Å². The molecule has 2 nitrogen and oxygen atoms in total. The van der Waals surface area contributed by atoms with E-state index in [1.54, 1.807) is 7.11 Å². The van der Waals surface area contributed by atoms with Crippen LogP contribution in [0.1, 0.15) is 26.7 Å². The number of ether oxygens (including phenoxy) is 1. The molecule has 1 aromatic carbocycles. The fraction of sp³-hybridized carbons (Fsp3) is 0.462. The number of benzene rings is 1. The molecule has 0 fully saturated rings. The Morgan fingerprint density at radius 1 is 1.53 bits per heavy atom. The number of hydrogen-bond donors (Lipinski definition) is 1. The summed E-state index contributed by atoms with van der Waals surface area (Å²) < 4.78 is 5.10. The molecular formula is C13H18ClNOS. The summed E-state index contributed by atoms with van der Waals surface area (Å²) in [6, 6.07) is 5.57. The van der Waals surface area contributed by atoms with Crippen molar-refractivity contribution in [3.05, 3.63) is 23.2 Å². The predicted octanol–water partition coefficient (Wildman–Crippen LogP) is 4.52. The van der Waals surface area contributed by atoms with Crippen molar-refractivity contribution in [3.63, 3.8) is 0 Å². The summed E-state index contributed by atoms with van der Waals surface area (Å²) in [7, 11) is 1.60. The van der Waals surface area contributed by atoms with E-state index in [1.165, 1.54) is 0 Å². The van der Waals surface area contributed by atoms with Gasteiger partial charge in [0.15, 0.2) is 0 Å². The van der Waals surface area contributed by atoms with Gasteiger partial charge in [-0.3, -0.25) is 0 Å². The predicted molar refractivity (Wildman–Crippen MR) is 78.3 cm³/mol. The molecule has 0 spiro atoms. The first-order chi connectivity index (χ1) is 8.08. The Labute approximate surface area is 113 Å². The molecule has 0 radical (unpaired) electrons. The second-order valence-corrected chi connectivity index (χ2v) is 4.88. The zero-order valence-electron chi connectivity index (χ0n) is 10.4. The average molecular weight is 272 g/mol. The van der Waals surface area contributed by atoms with E-state index in [9.17, 15) is 0 Å². The van der Waals surface area contributed by atoms with E-state index in [4.69, 9.17) is 28.6 Å². The molecule has 0 aromatic heterocycles. The summed E-state index contributed by atoms with van der Waals surface area (Å²) in [5.41, 5.74) is 0.906. The molecule has 1 atom stereocenters. The van der Waals surface area contributed by atoms with Crippen LogP contribution in [0.3, 0.4) is 0 Å². The Balaban J connectivity index is 2.69. The lowest BCUT2D eigenvalue weighted by Gasteiger charge is -2.15. The molecule has 0 bridgehead atoms. The SMILES string of the molecule is CCCC(C)C(=S)Nc1ccc(OC)c(Cl)c1. The standard InChI is InChI=1S/C13H18ClNOS/c1-4-5-9(2)13(17)15-10-6-7-12(16-3)11(14)8-10/h6-9H,4-5H2,1-3H3,(H,15,17). The Hall–Kier alpha value is -0.800. The third-order valence-electron chi connectivity index (χ3n) is 2.59. The number of halogens is 1. The van der Waals surface area contributed by atoms with Gasteiger partial charge in [-0.15, -0.1) is 0 Å². The molecule has 1 unspecified atom stereocenters. The van der Waals surface area contributed by atoms with Crippen molar-refractivity contribution in [3.8, 4) is 5.75 Å². The van der Waals surface area contributed by atoms with Crippen LogP contribution in [-0.2, 0) is 0 Å². The molecule has 1 aromatic rings. The van der Waals surface area contributed by atoms with Crippen molar-refractivity contribution < 1.29 is 4.74 Å². The highest BCUT2D eigenvalue weighted by atomic mass is 35.5. The minimum atomic E-state index is 0.385. The number of nitrogens with one attached hydrogen (secondary N) is 1. The van der Waals surface area contributed by atoms with Crippen molar-refractivity contribution in [1.29, 1.82) is 0 Å². The van der Waals surface area contributed by atoms with Gasteiger partial charge in [-0.25, -0.2) is 0 Å². The highest BCUT2D eigenvalue weighted by Crippen LogP contribution is 2.27. The van der Waals surface area contributed by atoms with Crippen molar-refractivity contribution in [2.45, 2.75) is 26.7 Å². The lowest BCUT2D eigenvalue weighted by molar-refractivity contribution is 0.415. The maximum atomic E-state index is 6.05. The first-order valence-corrected chi connectivity index (χ1v) is 6.51. The van der Waals surface area contributed by atoms with E-state index >= 15 is 0 Å². The van der Waals surface area contributed by atoms with Crippen LogP contribution < -0.4 is 10.1 Å². The van der Waals surface area contributed by atoms with E-state index in [0.717, 1.165) is 23.5 Å². The van der Waals surface area contributed by atoms with E-state index in [1.807, 2.05) is 18.2 Å². The second-order valence-electron chi connectivity index (χ2n) is 4.03. The van der Waals surface area contributed by atoms with Crippen LogP contribution in [0.25, 0.3) is 0 Å². The molecule has 4 heteroatoms. The highest BCUT2D eigenvalue weighted by Gasteiger charge is 2.09. The van der Waals surface area contributed by atoms with Gasteiger partial charge in [0.25, 0.3) is 0 Å². The summed E-state index contributed by atoms with van der Waals surface area (Å²) in [5, 5.41) is 3.80. The molecule has 0 saturated carbocycles. The normalized spacial score (nSPS) is 12.0. The fourth-order valence-electron chi connectivity index (χ4n) is 1.57. The van der Waals surface area contributed by atoms with Crippen LogP contribution in [0.5, 0.6) is 5.75 Å². The first-order valence-electron chi connectivity index (χ1n) is 5.72. The number of hydrogen-bond acceptors (Lipinski definition) is 2. The van der Waals surface area contributed by atoms with Gasteiger partial charge < -0.3 is 10.1 Å². The lowest BCUT2D eigenvalue weighted by Crippen LogP contribution is -2.17. The maximum absolute atomic E-state index is 6.05. The smallest absolute Gasteiger partial charge is 0.137 e. The average Bonchev–Trinajstić information content (AvgIpc) is 2.29. The van der Waals surface area contributed by atoms with Crippen LogP contribution in [0, 0.1) is 5.92 Å². The van der Waals surface area contributed by atoms with E-state index < -0.39 is 0 Å². The highest BCUT2D eigenvalue weighted by molar-refractivity contribution is 7.80. The molecule has 0 aliphatic carbocycles. The van der Waals surface area contributed by atoms with Crippen LogP contribution in [0.2, 0.25) is 5.02 Å². The first kappa shape index (κ1) is 14.3. The van der Waals surface area contributed by atoms with Gasteiger partial charge in [-0.05, 0) is 24.6 Å². The number of methoxy groups -OCH3 is 1. The molecule has 1 N–H and O–H groups in total. The minimum absolute atomic E-state index is 0.385. The summed E-state index contributed by atoms with van der Waals surface area (Å²) in [4.78, 5) is 0.855. The molecule has 0 aliphatic rings. The van der Waals surface area contributed by atoms with E-state index in [2.05, 4.69) is 19.2 Å². The molecule has 1 rings (SSSR count). The number of thiocarbonyl (C=S) groups is 1. The molecule has 0 aliphatic heterocycles. The summed E-state index contributed by atoms with van der Waals surface area (Å²) in [6.45, 7) is 4.29. The molecule has 17 heavy (non-hydrogen) atoms. The van der Waals surface area contributed by atoms with Gasteiger partial charge in [-0.1, -0.05) is 44.1 Å². The van der Waals surface area contributed by atoms with Gasteiger partial charge in [-0.2, -0.15) is 0 Å². The van der Waals surface area contributed by atoms with Crippen molar-refractivity contribution in [1.82, 2.24) is 0 Å². The molecule has 94 valence electrons. The number of anilines is 1. The largest absolute Gasteiger partial charge is 0.495 e. The molecular weight excluding hydrogens is 254 g/mol. The number of rotatable bonds is 5. The summed E-state index contributed by atoms with van der Waals surface area (Å²) >= 11 is 11.4. The van der Waals surface area contributed by atoms with Crippen molar-refractivity contribution in [2.24, 2.45) is 5.92 Å². The van der Waals surface area contributed by atoms with Crippen molar-refractivity contribution >= 4 is 34.5 Å². The molecule has 0 saturated heterocycles. The topological polar surface area (TPSA) is 21.3 Å². The third kappa shape index (κ3) is 4.17.